The predicted molar refractivity (Wildman–Crippen MR) is 53.7 cm³/mol. The van der Waals surface area contributed by atoms with Crippen LogP contribution in [0.25, 0.3) is 10.6 Å². The molecule has 0 fully saturated rings. The molecule has 2 rings (SSSR count). The Hall–Kier alpha value is -1.57. The molecule has 86 valence electrons. The number of halogens is 3. The van der Waals surface area contributed by atoms with Gasteiger partial charge in [0.2, 0.25) is 0 Å². The maximum atomic E-state index is 12.4. The Bertz CT molecular complexity index is 514. The molecule has 0 aliphatic rings. The largest absolute Gasteiger partial charge is 0.435 e. The van der Waals surface area contributed by atoms with Gasteiger partial charge >= 0.3 is 6.18 Å². The molecular formula is C8H7F3N4S. The molecule has 4 nitrogen and oxygen atoms in total. The number of hydrogen-bond acceptors (Lipinski definition) is 4. The minimum absolute atomic E-state index is 0.310. The van der Waals surface area contributed by atoms with Crippen molar-refractivity contribution in [1.82, 2.24) is 14.8 Å². The molecule has 16 heavy (non-hydrogen) atoms. The van der Waals surface area contributed by atoms with Crippen LogP contribution < -0.4 is 5.73 Å². The second-order valence-corrected chi connectivity index (χ2v) is 4.16. The first-order chi connectivity index (χ1) is 7.38. The standard InChI is InChI=1S/C8H7F3N4S/c1-15-4(5-3-13-7(12)16-5)2-6(14-15)8(9,10)11/h2-3H,1H3,(H2,12,13). The van der Waals surface area contributed by atoms with E-state index in [2.05, 4.69) is 10.1 Å². The van der Waals surface area contributed by atoms with Crippen molar-refractivity contribution in [3.8, 4) is 10.6 Å². The SMILES string of the molecule is Cn1nc(C(F)(F)F)cc1-c1cnc(N)s1. The number of aryl methyl sites for hydroxylation is 1. The molecule has 2 N–H and O–H groups in total. The van der Waals surface area contributed by atoms with Crippen LogP contribution in [-0.4, -0.2) is 14.8 Å². The second-order valence-electron chi connectivity index (χ2n) is 3.10. The van der Waals surface area contributed by atoms with Gasteiger partial charge in [-0.25, -0.2) is 4.98 Å². The molecule has 2 aromatic heterocycles. The van der Waals surface area contributed by atoms with Crippen molar-refractivity contribution >= 4 is 16.5 Å². The van der Waals surface area contributed by atoms with Crippen molar-refractivity contribution in [3.63, 3.8) is 0 Å². The van der Waals surface area contributed by atoms with Crippen molar-refractivity contribution < 1.29 is 13.2 Å². The Balaban J connectivity index is 2.47. The normalized spacial score (nSPS) is 12.0. The Kier molecular flexibility index (Phi) is 2.38. The van der Waals surface area contributed by atoms with E-state index in [1.54, 1.807) is 0 Å². The van der Waals surface area contributed by atoms with Gasteiger partial charge in [0.15, 0.2) is 10.8 Å². The minimum Gasteiger partial charge on any atom is -0.375 e. The Labute approximate surface area is 92.5 Å². The van der Waals surface area contributed by atoms with E-state index < -0.39 is 11.9 Å². The van der Waals surface area contributed by atoms with Crippen LogP contribution >= 0.6 is 11.3 Å². The summed E-state index contributed by atoms with van der Waals surface area (Å²) in [6.45, 7) is 0. The van der Waals surface area contributed by atoms with Crippen LogP contribution in [0.4, 0.5) is 18.3 Å². The lowest BCUT2D eigenvalue weighted by molar-refractivity contribution is -0.141. The lowest BCUT2D eigenvalue weighted by Crippen LogP contribution is -2.06. The third-order valence-electron chi connectivity index (χ3n) is 1.95. The summed E-state index contributed by atoms with van der Waals surface area (Å²) < 4.78 is 38.3. The molecule has 0 saturated heterocycles. The molecule has 0 bridgehead atoms. The molecule has 2 heterocycles. The van der Waals surface area contributed by atoms with Crippen LogP contribution in [0.15, 0.2) is 12.3 Å². The van der Waals surface area contributed by atoms with Gasteiger partial charge < -0.3 is 5.73 Å². The van der Waals surface area contributed by atoms with E-state index >= 15 is 0 Å². The summed E-state index contributed by atoms with van der Waals surface area (Å²) in [6, 6.07) is 0.979. The van der Waals surface area contributed by atoms with Gasteiger partial charge in [0, 0.05) is 13.2 Å². The second kappa shape index (κ2) is 3.48. The quantitative estimate of drug-likeness (QED) is 0.841. The van der Waals surface area contributed by atoms with Crippen molar-refractivity contribution in [2.45, 2.75) is 6.18 Å². The number of nitrogen functional groups attached to an aromatic ring is 1. The van der Waals surface area contributed by atoms with Gasteiger partial charge in [-0.2, -0.15) is 18.3 Å². The molecule has 0 unspecified atom stereocenters. The molecule has 0 aliphatic heterocycles. The lowest BCUT2D eigenvalue weighted by Gasteiger charge is -1.98. The molecule has 0 atom stereocenters. The first-order valence-electron chi connectivity index (χ1n) is 4.21. The highest BCUT2D eigenvalue weighted by atomic mass is 32.1. The average Bonchev–Trinajstić information content (AvgIpc) is 2.70. The van der Waals surface area contributed by atoms with Crippen LogP contribution in [0.5, 0.6) is 0 Å². The number of nitrogens with zero attached hydrogens (tertiary/aromatic N) is 3. The number of anilines is 1. The van der Waals surface area contributed by atoms with Crippen molar-refractivity contribution in [1.29, 1.82) is 0 Å². The maximum absolute atomic E-state index is 12.4. The van der Waals surface area contributed by atoms with Gasteiger partial charge in [-0.1, -0.05) is 11.3 Å². The topological polar surface area (TPSA) is 56.7 Å². The predicted octanol–water partition coefficient (Wildman–Crippen LogP) is 2.14. The summed E-state index contributed by atoms with van der Waals surface area (Å²) >= 11 is 1.12. The van der Waals surface area contributed by atoms with Gasteiger partial charge in [0.05, 0.1) is 10.6 Å². The van der Waals surface area contributed by atoms with Crippen LogP contribution in [0.2, 0.25) is 0 Å². The van der Waals surface area contributed by atoms with E-state index in [-0.39, 0.29) is 0 Å². The molecule has 0 radical (unpaired) electrons. The maximum Gasteiger partial charge on any atom is 0.435 e. The highest BCUT2D eigenvalue weighted by Crippen LogP contribution is 2.33. The molecule has 0 aromatic carbocycles. The zero-order chi connectivity index (χ0) is 11.9. The van der Waals surface area contributed by atoms with E-state index in [0.29, 0.717) is 15.7 Å². The molecular weight excluding hydrogens is 241 g/mol. The minimum atomic E-state index is -4.44. The molecule has 0 spiro atoms. The van der Waals surface area contributed by atoms with Crippen molar-refractivity contribution in [2.24, 2.45) is 7.05 Å². The first kappa shape index (κ1) is 10.9. The molecule has 2 aromatic rings. The van der Waals surface area contributed by atoms with Crippen LogP contribution in [0.3, 0.4) is 0 Å². The number of aromatic nitrogens is 3. The Morgan fingerprint density at radius 1 is 1.44 bits per heavy atom. The van der Waals surface area contributed by atoms with Crippen molar-refractivity contribution in [3.05, 3.63) is 18.0 Å². The Morgan fingerprint density at radius 3 is 2.56 bits per heavy atom. The number of thiazole rings is 1. The monoisotopic (exact) mass is 248 g/mol. The van der Waals surface area contributed by atoms with Gasteiger partial charge in [-0.3, -0.25) is 4.68 Å². The average molecular weight is 248 g/mol. The number of hydrogen-bond donors (Lipinski definition) is 1. The summed E-state index contributed by atoms with van der Waals surface area (Å²) in [5.41, 5.74) is 4.84. The van der Waals surface area contributed by atoms with Crippen LogP contribution in [-0.2, 0) is 13.2 Å². The van der Waals surface area contributed by atoms with E-state index in [0.717, 1.165) is 22.1 Å². The van der Waals surface area contributed by atoms with Gasteiger partial charge in [-0.05, 0) is 6.07 Å². The van der Waals surface area contributed by atoms with Gasteiger partial charge in [0.25, 0.3) is 0 Å². The van der Waals surface area contributed by atoms with Crippen LogP contribution in [0, 0.1) is 0 Å². The summed E-state index contributed by atoms with van der Waals surface area (Å²) in [5.74, 6) is 0. The lowest BCUT2D eigenvalue weighted by atomic mass is 10.3. The third kappa shape index (κ3) is 1.87. The van der Waals surface area contributed by atoms with E-state index in [9.17, 15) is 13.2 Å². The smallest absolute Gasteiger partial charge is 0.375 e. The summed E-state index contributed by atoms with van der Waals surface area (Å²) in [4.78, 5) is 4.34. The number of rotatable bonds is 1. The van der Waals surface area contributed by atoms with Gasteiger partial charge in [0.1, 0.15) is 0 Å². The molecule has 8 heteroatoms. The fraction of sp³-hybridized carbons (Fsp3) is 0.250. The van der Waals surface area contributed by atoms with Gasteiger partial charge in [-0.15, -0.1) is 0 Å². The molecule has 0 amide bonds. The highest BCUT2D eigenvalue weighted by molar-refractivity contribution is 7.18. The zero-order valence-electron chi connectivity index (χ0n) is 8.12. The summed E-state index contributed by atoms with van der Waals surface area (Å²) in [5, 5.41) is 3.71. The molecule has 0 aliphatic carbocycles. The fourth-order valence-electron chi connectivity index (χ4n) is 1.24. The number of alkyl halides is 3. The van der Waals surface area contributed by atoms with E-state index in [1.165, 1.54) is 13.2 Å². The Morgan fingerprint density at radius 2 is 2.12 bits per heavy atom. The summed E-state index contributed by atoms with van der Waals surface area (Å²) in [6.07, 6.45) is -3.01. The first-order valence-corrected chi connectivity index (χ1v) is 5.02. The molecule has 0 saturated carbocycles. The third-order valence-corrected chi connectivity index (χ3v) is 2.80. The zero-order valence-corrected chi connectivity index (χ0v) is 8.93. The fourth-order valence-corrected chi connectivity index (χ4v) is 1.97. The number of nitrogens with two attached hydrogens (primary N) is 1. The van der Waals surface area contributed by atoms with Crippen LogP contribution in [0.1, 0.15) is 5.69 Å². The van der Waals surface area contributed by atoms with Crippen molar-refractivity contribution in [2.75, 3.05) is 5.73 Å². The van der Waals surface area contributed by atoms with E-state index in [1.807, 2.05) is 0 Å². The summed E-state index contributed by atoms with van der Waals surface area (Å²) in [7, 11) is 1.44. The highest BCUT2D eigenvalue weighted by Gasteiger charge is 2.34. The van der Waals surface area contributed by atoms with E-state index in [4.69, 9.17) is 5.73 Å².